The quantitative estimate of drug-likeness (QED) is 0.890. The van der Waals surface area contributed by atoms with Crippen LogP contribution in [0.4, 0.5) is 0 Å². The van der Waals surface area contributed by atoms with E-state index in [2.05, 4.69) is 27.4 Å². The maximum atomic E-state index is 5.83. The average Bonchev–Trinajstić information content (AvgIpc) is 3.25. The van der Waals surface area contributed by atoms with Crippen LogP contribution in [0, 0.1) is 0 Å². The second kappa shape index (κ2) is 5.36. The van der Waals surface area contributed by atoms with Crippen molar-refractivity contribution in [3.05, 3.63) is 54.1 Å². The lowest BCUT2D eigenvalue weighted by molar-refractivity contribution is 0.302. The second-order valence-electron chi connectivity index (χ2n) is 4.74. The number of hydrogen-bond donors (Lipinski definition) is 1. The molecule has 1 saturated carbocycles. The van der Waals surface area contributed by atoms with E-state index in [4.69, 9.17) is 4.74 Å². The molecule has 1 aromatic heterocycles. The van der Waals surface area contributed by atoms with E-state index >= 15 is 0 Å². The highest BCUT2D eigenvalue weighted by molar-refractivity contribution is 5.34. The number of benzene rings is 1. The van der Waals surface area contributed by atoms with Crippen molar-refractivity contribution in [1.29, 1.82) is 0 Å². The Morgan fingerprint density at radius 2 is 2.21 bits per heavy atom. The van der Waals surface area contributed by atoms with Crippen molar-refractivity contribution in [2.75, 3.05) is 7.05 Å². The molecule has 1 fully saturated rings. The van der Waals surface area contributed by atoms with E-state index in [1.807, 2.05) is 19.2 Å². The van der Waals surface area contributed by atoms with Gasteiger partial charge in [-0.15, -0.1) is 0 Å². The van der Waals surface area contributed by atoms with E-state index in [9.17, 15) is 0 Å². The molecule has 0 spiro atoms. The molecule has 1 unspecified atom stereocenters. The summed E-state index contributed by atoms with van der Waals surface area (Å²) in [4.78, 5) is 8.49. The monoisotopic (exact) mass is 255 g/mol. The maximum Gasteiger partial charge on any atom is 0.120 e. The molecule has 1 atom stereocenters. The van der Waals surface area contributed by atoms with Crippen LogP contribution >= 0.6 is 0 Å². The number of hydrogen-bond acceptors (Lipinski definition) is 4. The number of nitrogens with one attached hydrogen (secondary N) is 1. The summed E-state index contributed by atoms with van der Waals surface area (Å²) in [5.41, 5.74) is 2.05. The first-order valence-corrected chi connectivity index (χ1v) is 6.56. The van der Waals surface area contributed by atoms with Crippen molar-refractivity contribution in [2.45, 2.75) is 25.0 Å². The molecule has 0 bridgehead atoms. The third-order valence-corrected chi connectivity index (χ3v) is 3.19. The van der Waals surface area contributed by atoms with Gasteiger partial charge in [0.2, 0.25) is 0 Å². The van der Waals surface area contributed by atoms with Crippen LogP contribution < -0.4 is 10.1 Å². The SMILES string of the molecule is CNC(c1cccc(OC2CC2)c1)c1cnccn1. The largest absolute Gasteiger partial charge is 0.490 e. The minimum absolute atomic E-state index is 0.0384. The van der Waals surface area contributed by atoms with E-state index in [1.165, 1.54) is 12.8 Å². The third-order valence-electron chi connectivity index (χ3n) is 3.19. The maximum absolute atomic E-state index is 5.83. The van der Waals surface area contributed by atoms with Gasteiger partial charge in [0.15, 0.2) is 0 Å². The molecule has 0 aliphatic heterocycles. The van der Waals surface area contributed by atoms with Crippen molar-refractivity contribution in [3.8, 4) is 5.75 Å². The standard InChI is InChI=1S/C15H17N3O/c1-16-15(14-10-17-7-8-18-14)11-3-2-4-13(9-11)19-12-5-6-12/h2-4,7-10,12,15-16H,5-6H2,1H3. The summed E-state index contributed by atoms with van der Waals surface area (Å²) in [6.07, 6.45) is 7.94. The van der Waals surface area contributed by atoms with E-state index in [-0.39, 0.29) is 6.04 Å². The van der Waals surface area contributed by atoms with Gasteiger partial charge in [0, 0.05) is 12.4 Å². The Morgan fingerprint density at radius 3 is 2.89 bits per heavy atom. The zero-order valence-electron chi connectivity index (χ0n) is 10.9. The molecule has 3 rings (SSSR count). The summed E-state index contributed by atoms with van der Waals surface area (Å²) in [5, 5.41) is 3.27. The Morgan fingerprint density at radius 1 is 1.32 bits per heavy atom. The predicted molar refractivity (Wildman–Crippen MR) is 73.0 cm³/mol. The molecule has 1 aliphatic carbocycles. The average molecular weight is 255 g/mol. The molecule has 1 heterocycles. The second-order valence-corrected chi connectivity index (χ2v) is 4.74. The van der Waals surface area contributed by atoms with Gasteiger partial charge in [-0.1, -0.05) is 12.1 Å². The molecule has 2 aromatic rings. The van der Waals surface area contributed by atoms with Gasteiger partial charge < -0.3 is 10.1 Å². The van der Waals surface area contributed by atoms with E-state index in [0.717, 1.165) is 17.0 Å². The molecule has 4 nitrogen and oxygen atoms in total. The van der Waals surface area contributed by atoms with Crippen LogP contribution in [0.2, 0.25) is 0 Å². The van der Waals surface area contributed by atoms with Crippen LogP contribution in [-0.2, 0) is 0 Å². The van der Waals surface area contributed by atoms with Crippen LogP contribution in [-0.4, -0.2) is 23.1 Å². The number of nitrogens with zero attached hydrogens (tertiary/aromatic N) is 2. The summed E-state index contributed by atoms with van der Waals surface area (Å²) < 4.78 is 5.83. The van der Waals surface area contributed by atoms with Crippen LogP contribution in [0.15, 0.2) is 42.9 Å². The van der Waals surface area contributed by atoms with Crippen LogP contribution in [0.5, 0.6) is 5.75 Å². The van der Waals surface area contributed by atoms with Crippen LogP contribution in [0.25, 0.3) is 0 Å². The zero-order valence-corrected chi connectivity index (χ0v) is 10.9. The Labute approximate surface area is 112 Å². The number of ether oxygens (including phenoxy) is 1. The fourth-order valence-electron chi connectivity index (χ4n) is 2.09. The number of aromatic nitrogens is 2. The highest BCUT2D eigenvalue weighted by Crippen LogP contribution is 2.29. The molecule has 0 radical (unpaired) electrons. The summed E-state index contributed by atoms with van der Waals surface area (Å²) in [6, 6.07) is 8.22. The van der Waals surface area contributed by atoms with Crippen LogP contribution in [0.1, 0.15) is 30.1 Å². The summed E-state index contributed by atoms with van der Waals surface area (Å²) in [7, 11) is 1.92. The topological polar surface area (TPSA) is 47.0 Å². The van der Waals surface area contributed by atoms with E-state index in [0.29, 0.717) is 6.10 Å². The van der Waals surface area contributed by atoms with Crippen molar-refractivity contribution >= 4 is 0 Å². The predicted octanol–water partition coefficient (Wildman–Crippen LogP) is 2.33. The molecule has 4 heteroatoms. The first kappa shape index (κ1) is 12.1. The fourth-order valence-corrected chi connectivity index (χ4v) is 2.09. The first-order chi connectivity index (χ1) is 9.36. The molecule has 1 aliphatic rings. The Hall–Kier alpha value is -1.94. The smallest absolute Gasteiger partial charge is 0.120 e. The van der Waals surface area contributed by atoms with Gasteiger partial charge in [-0.3, -0.25) is 9.97 Å². The highest BCUT2D eigenvalue weighted by Gasteiger charge is 2.24. The normalized spacial score (nSPS) is 16.1. The first-order valence-electron chi connectivity index (χ1n) is 6.56. The third kappa shape index (κ3) is 2.90. The molecule has 0 saturated heterocycles. The van der Waals surface area contributed by atoms with Crippen molar-refractivity contribution in [1.82, 2.24) is 15.3 Å². The Balaban J connectivity index is 1.86. The van der Waals surface area contributed by atoms with Gasteiger partial charge in [0.05, 0.1) is 24.0 Å². The zero-order chi connectivity index (χ0) is 13.1. The summed E-state index contributed by atoms with van der Waals surface area (Å²) in [6.45, 7) is 0. The minimum atomic E-state index is 0.0384. The molecule has 1 N–H and O–H groups in total. The van der Waals surface area contributed by atoms with Crippen molar-refractivity contribution in [2.24, 2.45) is 0 Å². The molecular formula is C15H17N3O. The summed E-state index contributed by atoms with van der Waals surface area (Å²) in [5.74, 6) is 0.934. The molecule has 0 amide bonds. The fraction of sp³-hybridized carbons (Fsp3) is 0.333. The molecule has 1 aromatic carbocycles. The molecule has 98 valence electrons. The summed E-state index contributed by atoms with van der Waals surface area (Å²) >= 11 is 0. The Kier molecular flexibility index (Phi) is 3.42. The van der Waals surface area contributed by atoms with Gasteiger partial charge in [0.1, 0.15) is 5.75 Å². The number of rotatable bonds is 5. The lowest BCUT2D eigenvalue weighted by Crippen LogP contribution is -2.19. The molecule has 19 heavy (non-hydrogen) atoms. The lowest BCUT2D eigenvalue weighted by Gasteiger charge is -2.16. The minimum Gasteiger partial charge on any atom is -0.490 e. The highest BCUT2D eigenvalue weighted by atomic mass is 16.5. The molecular weight excluding hydrogens is 238 g/mol. The van der Waals surface area contributed by atoms with E-state index in [1.54, 1.807) is 18.6 Å². The lowest BCUT2D eigenvalue weighted by atomic mass is 10.0. The van der Waals surface area contributed by atoms with Crippen molar-refractivity contribution < 1.29 is 4.74 Å². The van der Waals surface area contributed by atoms with Gasteiger partial charge in [0.25, 0.3) is 0 Å². The Bertz CT molecular complexity index is 540. The van der Waals surface area contributed by atoms with Gasteiger partial charge in [-0.2, -0.15) is 0 Å². The van der Waals surface area contributed by atoms with Gasteiger partial charge >= 0.3 is 0 Å². The van der Waals surface area contributed by atoms with Crippen LogP contribution in [0.3, 0.4) is 0 Å². The van der Waals surface area contributed by atoms with Gasteiger partial charge in [-0.25, -0.2) is 0 Å². The van der Waals surface area contributed by atoms with Crippen molar-refractivity contribution in [3.63, 3.8) is 0 Å². The van der Waals surface area contributed by atoms with E-state index < -0.39 is 0 Å². The van der Waals surface area contributed by atoms with Gasteiger partial charge in [-0.05, 0) is 37.6 Å².